The fourth-order valence-electron chi connectivity index (χ4n) is 13.9. The van der Waals surface area contributed by atoms with E-state index in [1.54, 1.807) is 84.9 Å². The van der Waals surface area contributed by atoms with Crippen molar-refractivity contribution in [3.63, 3.8) is 0 Å². The van der Waals surface area contributed by atoms with Gasteiger partial charge in [0.25, 0.3) is 0 Å². The van der Waals surface area contributed by atoms with Crippen LogP contribution in [0.1, 0.15) is 141 Å². The number of rotatable bonds is 51. The lowest BCUT2D eigenvalue weighted by Crippen LogP contribution is -2.60. The van der Waals surface area contributed by atoms with E-state index in [2.05, 4.69) is 57.6 Å². The van der Waals surface area contributed by atoms with Gasteiger partial charge >= 0.3 is 0 Å². The molecular formula is C80H120N20O15S2. The first-order valence-electron chi connectivity index (χ1n) is 39.9. The van der Waals surface area contributed by atoms with E-state index in [1.807, 2.05) is 51.2 Å². The molecule has 0 aromatic heterocycles. The number of carbonyl (C=O) groups excluding carboxylic acids is 13. The predicted octanol–water partition coefficient (Wildman–Crippen LogP) is -0.712. The minimum absolute atomic E-state index is 0.0409. The average molecular weight is 1670 g/mol. The summed E-state index contributed by atoms with van der Waals surface area (Å²) in [5, 5.41) is 25.6. The molecule has 4 aromatic rings. The normalized spacial score (nSPS) is 16.0. The third kappa shape index (κ3) is 31.5. The van der Waals surface area contributed by atoms with Crippen LogP contribution in [0.2, 0.25) is 0 Å². The van der Waals surface area contributed by atoms with Crippen molar-refractivity contribution in [2.75, 3.05) is 76.8 Å². The zero-order valence-electron chi connectivity index (χ0n) is 67.6. The molecule has 0 saturated carbocycles. The number of nitrogens with zero attached hydrogens (tertiary/aromatic N) is 4. The molecule has 642 valence electrons. The van der Waals surface area contributed by atoms with Gasteiger partial charge in [-0.1, -0.05) is 105 Å². The third-order valence-corrected chi connectivity index (χ3v) is 22.3. The number of aliphatic imine (C=N–C) groups is 1. The number of nitrogens with two attached hydrogens (primary N) is 6. The van der Waals surface area contributed by atoms with Crippen LogP contribution >= 0.6 is 11.8 Å². The Morgan fingerprint density at radius 2 is 1.07 bits per heavy atom. The lowest BCUT2D eigenvalue weighted by molar-refractivity contribution is -0.144. The topological polar surface area (TPSA) is 555 Å². The number of sulfonamides is 1. The largest absolute Gasteiger partial charge is 0.377 e. The number of hydrogen-bond acceptors (Lipinski definition) is 20. The molecule has 2 heterocycles. The average Bonchev–Trinajstić information content (AvgIpc) is 1.35. The smallest absolute Gasteiger partial charge is 0.245 e. The van der Waals surface area contributed by atoms with Crippen molar-refractivity contribution in [2.45, 2.75) is 208 Å². The summed E-state index contributed by atoms with van der Waals surface area (Å²) in [6.45, 7) is 3.97. The van der Waals surface area contributed by atoms with Crippen LogP contribution < -0.4 is 91.9 Å². The summed E-state index contributed by atoms with van der Waals surface area (Å²) in [5.41, 5.74) is 36.3. The van der Waals surface area contributed by atoms with Crippen molar-refractivity contribution in [1.82, 2.24) is 62.4 Å². The second kappa shape index (κ2) is 48.9. The number of unbranched alkanes of at least 4 members (excludes halogenated alkanes) is 3. The highest BCUT2D eigenvalue weighted by molar-refractivity contribution is 7.98. The summed E-state index contributed by atoms with van der Waals surface area (Å²) < 4.78 is 29.9. The van der Waals surface area contributed by atoms with E-state index in [0.29, 0.717) is 73.6 Å². The molecule has 35 nitrogen and oxygen atoms in total. The van der Waals surface area contributed by atoms with Crippen LogP contribution in [0.3, 0.4) is 0 Å². The van der Waals surface area contributed by atoms with Crippen LogP contribution in [-0.4, -0.2) is 233 Å². The lowest BCUT2D eigenvalue weighted by atomic mass is 10.0. The number of amides is 13. The van der Waals surface area contributed by atoms with E-state index in [9.17, 15) is 66.0 Å². The molecule has 2 aliphatic rings. The summed E-state index contributed by atoms with van der Waals surface area (Å²) in [5.74, 6) is -9.74. The number of hydrogen-bond donors (Lipinski definition) is 16. The Hall–Kier alpha value is -10.5. The fourth-order valence-corrected chi connectivity index (χ4v) is 15.7. The van der Waals surface area contributed by atoms with Gasteiger partial charge in [-0.3, -0.25) is 67.3 Å². The maximum Gasteiger partial charge on any atom is 0.245 e. The van der Waals surface area contributed by atoms with Crippen LogP contribution in [0.5, 0.6) is 0 Å². The molecule has 2 aliphatic heterocycles. The zero-order chi connectivity index (χ0) is 85.7. The first-order chi connectivity index (χ1) is 55.8. The second-order valence-electron chi connectivity index (χ2n) is 30.0. The maximum absolute atomic E-state index is 15.1. The molecule has 0 aliphatic carbocycles. The van der Waals surface area contributed by atoms with E-state index in [1.165, 1.54) is 21.6 Å². The molecule has 37 heteroatoms. The monoisotopic (exact) mass is 1660 g/mol. The molecule has 0 unspecified atom stereocenters. The number of likely N-dealkylation sites (tertiary alicyclic amines) is 2. The highest BCUT2D eigenvalue weighted by Crippen LogP contribution is 2.31. The van der Waals surface area contributed by atoms with E-state index in [-0.39, 0.29) is 107 Å². The third-order valence-electron chi connectivity index (χ3n) is 20.1. The summed E-state index contributed by atoms with van der Waals surface area (Å²) >= 11 is 1.45. The van der Waals surface area contributed by atoms with Gasteiger partial charge in [-0.05, 0) is 144 Å². The SMILES string of the molecule is CSCC[C@H](NC(=O)[C@H](CC(C)C)NC(=O)CNC(=O)[C@H](Cc1ccccc1)NC(=O)[C@H](Cc1ccccc1)NC(=O)[C@H](CCC(N)=O)NC(=O)[C@H](CCC(=O)NCCCCCNS(=O)(=O)c1cccc2c(N(C)C)cccc12)NC(=O)[C@@H]1CCCN1C(=O)[C@H](CCCCN)NC(=O)[C@@H]1CCCN1C(=O)[C@@H](N)CCCN=C(N)N)C(N)=O. The summed E-state index contributed by atoms with van der Waals surface area (Å²) in [6.07, 6.45) is 4.07. The van der Waals surface area contributed by atoms with E-state index < -0.39 is 179 Å². The molecule has 4 aromatic carbocycles. The molecule has 22 N–H and O–H groups in total. The van der Waals surface area contributed by atoms with Crippen LogP contribution in [0.25, 0.3) is 10.8 Å². The van der Waals surface area contributed by atoms with E-state index >= 15 is 4.79 Å². The molecule has 0 spiro atoms. The van der Waals surface area contributed by atoms with Crippen molar-refractivity contribution >= 4 is 121 Å². The second-order valence-corrected chi connectivity index (χ2v) is 32.7. The van der Waals surface area contributed by atoms with Crippen molar-refractivity contribution in [1.29, 1.82) is 0 Å². The van der Waals surface area contributed by atoms with E-state index in [4.69, 9.17) is 34.4 Å². The van der Waals surface area contributed by atoms with Crippen molar-refractivity contribution in [3.8, 4) is 0 Å². The number of anilines is 1. The molecular weight excluding hydrogens is 1550 g/mol. The number of fused-ring (bicyclic) bond motifs is 1. The molecule has 117 heavy (non-hydrogen) atoms. The molecule has 0 radical (unpaired) electrons. The highest BCUT2D eigenvalue weighted by Gasteiger charge is 2.43. The lowest BCUT2D eigenvalue weighted by Gasteiger charge is -2.32. The highest BCUT2D eigenvalue weighted by atomic mass is 32.2. The Labute approximate surface area is 688 Å². The van der Waals surface area contributed by atoms with E-state index in [0.717, 1.165) is 11.1 Å². The van der Waals surface area contributed by atoms with Crippen LogP contribution in [0.15, 0.2) is 107 Å². The van der Waals surface area contributed by atoms with Crippen LogP contribution in [0, 0.1) is 5.92 Å². The predicted molar refractivity (Wildman–Crippen MR) is 447 cm³/mol. The fraction of sp³-hybridized carbons (Fsp3) is 0.550. The first kappa shape index (κ1) is 95.3. The Bertz CT molecular complexity index is 4160. The van der Waals surface area contributed by atoms with Crippen LogP contribution in [-0.2, 0) is 85.2 Å². The van der Waals surface area contributed by atoms with Gasteiger partial charge in [0.05, 0.1) is 17.5 Å². The molecule has 6 rings (SSSR count). The van der Waals surface area contributed by atoms with Crippen molar-refractivity contribution in [2.24, 2.45) is 45.3 Å². The molecule has 10 atom stereocenters. The number of thioether (sulfide) groups is 1. The minimum Gasteiger partial charge on any atom is -0.377 e. The Morgan fingerprint density at radius 3 is 1.65 bits per heavy atom. The van der Waals surface area contributed by atoms with Crippen molar-refractivity contribution in [3.05, 3.63) is 108 Å². The number of carbonyl (C=O) groups is 13. The molecule has 13 amide bonds. The summed E-state index contributed by atoms with van der Waals surface area (Å²) in [7, 11) is -0.196. The van der Waals surface area contributed by atoms with Gasteiger partial charge in [-0.25, -0.2) is 13.1 Å². The minimum atomic E-state index is -3.93. The number of guanidine groups is 1. The molecule has 2 fully saturated rings. The number of primary amides is 2. The standard InChI is InChI=1S/C80H120N20O15S2/c1-50(2)46-60(74(108)92-56(70(84)104)38-45-116-5)91-69(103)49-89-71(105)61(47-51-22-9-6-10-23-51)96-75(109)62(48-52-24-11-7-12-25-52)97-73(107)57(34-36-67(83)101)93-72(106)58(35-37-68(102)87-40-15-8-16-42-90-117(114,115)66-33-18-26-53-54(66)27-17-30-63(53)98(3)4)94-76(110)65-32-21-44-100(65)79(113)59(29-13-14-39-81)95-77(111)64-31-20-43-99(64)78(112)55(82)28-19-41-88-80(85)86/h6-7,9-12,17-18,22-27,30,33,50,55-62,64-65,90H,8,13-16,19-21,28-29,31-32,34-49,81-82H2,1-5H3,(H2,83,101)(H2,84,104)(H,87,102)(H,89,105)(H,91,103)(H,92,108)(H,93,106)(H,94,110)(H,95,111)(H,96,109)(H,97,107)(H4,85,86,88)/t55-,56-,57-,58-,59-,60-,61-,62-,64-,65-/m0/s1. The van der Waals surface area contributed by atoms with Crippen molar-refractivity contribution < 1.29 is 70.7 Å². The first-order valence-corrected chi connectivity index (χ1v) is 42.8. The van der Waals surface area contributed by atoms with Crippen LogP contribution in [0.4, 0.5) is 5.69 Å². The Balaban J connectivity index is 1.23. The van der Waals surface area contributed by atoms with Gasteiger partial charge < -0.3 is 97.0 Å². The maximum atomic E-state index is 15.1. The zero-order valence-corrected chi connectivity index (χ0v) is 69.2. The number of benzene rings is 4. The quantitative estimate of drug-likeness (QED) is 0.0147. The van der Waals surface area contributed by atoms with Gasteiger partial charge in [0, 0.05) is 89.0 Å². The van der Waals surface area contributed by atoms with Gasteiger partial charge in [0.2, 0.25) is 86.8 Å². The van der Waals surface area contributed by atoms with Gasteiger partial charge in [0.1, 0.15) is 54.4 Å². The Morgan fingerprint density at radius 1 is 0.530 bits per heavy atom. The van der Waals surface area contributed by atoms with Gasteiger partial charge in [-0.2, -0.15) is 11.8 Å². The number of nitrogens with one attached hydrogen (secondary N) is 10. The molecule has 0 bridgehead atoms. The summed E-state index contributed by atoms with van der Waals surface area (Å²) in [6, 6.07) is 14.6. The molecule has 2 saturated heterocycles. The summed E-state index contributed by atoms with van der Waals surface area (Å²) in [4.78, 5) is 192. The van der Waals surface area contributed by atoms with Gasteiger partial charge in [-0.15, -0.1) is 0 Å². The van der Waals surface area contributed by atoms with Gasteiger partial charge in [0.15, 0.2) is 5.96 Å². The Kier molecular flexibility index (Phi) is 39.8.